The molecule has 30 heavy (non-hydrogen) atoms. The van der Waals surface area contributed by atoms with Crippen LogP contribution in [0.15, 0.2) is 59.8 Å². The van der Waals surface area contributed by atoms with Gasteiger partial charge in [0.2, 0.25) is 0 Å². The summed E-state index contributed by atoms with van der Waals surface area (Å²) in [4.78, 5) is 23.2. The second kappa shape index (κ2) is 8.02. The quantitative estimate of drug-likeness (QED) is 0.442. The van der Waals surface area contributed by atoms with Crippen molar-refractivity contribution in [2.24, 2.45) is 0 Å². The van der Waals surface area contributed by atoms with E-state index in [4.69, 9.17) is 6.57 Å². The number of hydrogen-bond acceptors (Lipinski definition) is 3. The summed E-state index contributed by atoms with van der Waals surface area (Å²) in [6, 6.07) is 9.35. The van der Waals surface area contributed by atoms with Gasteiger partial charge in [-0.15, -0.1) is 0 Å². The van der Waals surface area contributed by atoms with Crippen LogP contribution in [0.2, 0.25) is 0 Å². The summed E-state index contributed by atoms with van der Waals surface area (Å²) in [6.07, 6.45) is -2.06. The normalized spacial score (nSPS) is 11.9. The molecule has 0 unspecified atom stereocenters. The lowest BCUT2D eigenvalue weighted by Gasteiger charge is -2.23. The summed E-state index contributed by atoms with van der Waals surface area (Å²) in [6.45, 7) is 7.00. The molecule has 0 aliphatic rings. The van der Waals surface area contributed by atoms with Crippen molar-refractivity contribution in [1.29, 1.82) is 0 Å². The molecule has 3 aromatic rings. The van der Waals surface area contributed by atoms with E-state index in [1.54, 1.807) is 30.3 Å². The summed E-state index contributed by atoms with van der Waals surface area (Å²) in [7, 11) is 0. The van der Waals surface area contributed by atoms with E-state index in [0.717, 1.165) is 16.3 Å². The molecule has 10 heteroatoms. The van der Waals surface area contributed by atoms with E-state index < -0.39 is 28.9 Å². The fourth-order valence-corrected chi connectivity index (χ4v) is 2.89. The van der Waals surface area contributed by atoms with E-state index in [9.17, 15) is 26.7 Å². The van der Waals surface area contributed by atoms with E-state index in [-0.39, 0.29) is 24.4 Å². The Morgan fingerprint density at radius 1 is 1.07 bits per heavy atom. The SMILES string of the molecule is [C-]#[N+]c1c(C(F)(F)C(F)(F)F)cc(-c2cnccn2)n(CCc2ccccc2)c1=O. The van der Waals surface area contributed by atoms with Crippen LogP contribution in [0, 0.1) is 6.57 Å². The Kier molecular flexibility index (Phi) is 5.64. The van der Waals surface area contributed by atoms with Crippen molar-refractivity contribution in [3.8, 4) is 11.4 Å². The topological polar surface area (TPSA) is 52.1 Å². The Labute approximate surface area is 167 Å². The fraction of sp³-hybridized carbons (Fsp3) is 0.200. The molecule has 3 rings (SSSR count). The van der Waals surface area contributed by atoms with Crippen LogP contribution < -0.4 is 5.56 Å². The van der Waals surface area contributed by atoms with E-state index in [2.05, 4.69) is 14.8 Å². The lowest BCUT2D eigenvalue weighted by Crippen LogP contribution is -2.36. The molecule has 0 N–H and O–H groups in total. The van der Waals surface area contributed by atoms with Gasteiger partial charge >= 0.3 is 12.1 Å². The number of alkyl halides is 5. The summed E-state index contributed by atoms with van der Waals surface area (Å²) < 4.78 is 68.1. The van der Waals surface area contributed by atoms with Crippen molar-refractivity contribution in [2.75, 3.05) is 0 Å². The largest absolute Gasteiger partial charge is 0.456 e. The molecule has 1 aromatic carbocycles. The Morgan fingerprint density at radius 2 is 1.77 bits per heavy atom. The van der Waals surface area contributed by atoms with E-state index >= 15 is 0 Å². The van der Waals surface area contributed by atoms with Gasteiger partial charge in [-0.1, -0.05) is 30.3 Å². The summed E-state index contributed by atoms with van der Waals surface area (Å²) in [5.74, 6) is -5.39. The zero-order valence-corrected chi connectivity index (χ0v) is 15.2. The van der Waals surface area contributed by atoms with Gasteiger partial charge in [-0.05, 0) is 18.1 Å². The molecule has 0 saturated carbocycles. The molecule has 0 saturated heterocycles. The predicted octanol–water partition coefficient (Wildman–Crippen LogP) is 4.75. The lowest BCUT2D eigenvalue weighted by atomic mass is 10.0. The zero-order chi connectivity index (χ0) is 21.9. The van der Waals surface area contributed by atoms with Gasteiger partial charge in [0.25, 0.3) is 11.2 Å². The smallest absolute Gasteiger partial charge is 0.315 e. The molecule has 0 amide bonds. The highest BCUT2D eigenvalue weighted by Gasteiger charge is 2.60. The predicted molar refractivity (Wildman–Crippen MR) is 98.1 cm³/mol. The van der Waals surface area contributed by atoms with E-state index in [1.807, 2.05) is 0 Å². The first-order chi connectivity index (χ1) is 14.2. The Bertz CT molecular complexity index is 1140. The summed E-state index contributed by atoms with van der Waals surface area (Å²) >= 11 is 0. The minimum atomic E-state index is -5.98. The van der Waals surface area contributed by atoms with Crippen molar-refractivity contribution >= 4 is 5.69 Å². The first-order valence-corrected chi connectivity index (χ1v) is 8.57. The van der Waals surface area contributed by atoms with Gasteiger partial charge in [0.15, 0.2) is 0 Å². The first kappa shape index (κ1) is 21.1. The standard InChI is InChI=1S/C20H13F5N4O/c1-26-17-14(19(21,22)20(23,24)25)11-16(15-12-27-8-9-28-15)29(18(17)30)10-7-13-5-3-2-4-6-13/h2-6,8-9,11-12H,7,10H2. The number of rotatable bonds is 5. The second-order valence-electron chi connectivity index (χ2n) is 6.26. The van der Waals surface area contributed by atoms with Crippen LogP contribution in [0.25, 0.3) is 16.2 Å². The number of nitrogens with zero attached hydrogens (tertiary/aromatic N) is 4. The number of hydrogen-bond donors (Lipinski definition) is 0. The number of aromatic nitrogens is 3. The maximum Gasteiger partial charge on any atom is 0.456 e. The number of benzene rings is 1. The average molecular weight is 420 g/mol. The molecule has 0 bridgehead atoms. The van der Waals surface area contributed by atoms with Crippen LogP contribution >= 0.6 is 0 Å². The highest BCUT2D eigenvalue weighted by atomic mass is 19.4. The molecule has 2 aromatic heterocycles. The molecule has 2 heterocycles. The third-order valence-electron chi connectivity index (χ3n) is 4.37. The Balaban J connectivity index is 2.23. The van der Waals surface area contributed by atoms with Gasteiger partial charge in [-0.25, -0.2) is 4.85 Å². The monoisotopic (exact) mass is 420 g/mol. The molecule has 5 nitrogen and oxygen atoms in total. The Hall–Kier alpha value is -3.61. The van der Waals surface area contributed by atoms with Crippen LogP contribution in [-0.2, 0) is 18.9 Å². The number of aryl methyl sites for hydroxylation is 1. The number of halogens is 5. The minimum Gasteiger partial charge on any atom is -0.315 e. The summed E-state index contributed by atoms with van der Waals surface area (Å²) in [5, 5.41) is 0. The maximum atomic E-state index is 14.1. The van der Waals surface area contributed by atoms with Crippen LogP contribution in [0.4, 0.5) is 27.6 Å². The molecular formula is C20H13F5N4O. The first-order valence-electron chi connectivity index (χ1n) is 8.57. The van der Waals surface area contributed by atoms with E-state index in [0.29, 0.717) is 6.07 Å². The van der Waals surface area contributed by atoms with Crippen LogP contribution in [0.3, 0.4) is 0 Å². The van der Waals surface area contributed by atoms with Gasteiger partial charge < -0.3 is 4.57 Å². The Morgan fingerprint density at radius 3 is 2.33 bits per heavy atom. The molecular weight excluding hydrogens is 407 g/mol. The maximum absolute atomic E-state index is 14.1. The van der Waals surface area contributed by atoms with Gasteiger partial charge in [-0.3, -0.25) is 14.8 Å². The third kappa shape index (κ3) is 3.91. The van der Waals surface area contributed by atoms with Crippen molar-refractivity contribution in [3.63, 3.8) is 0 Å². The molecule has 0 aliphatic heterocycles. The van der Waals surface area contributed by atoms with Crippen LogP contribution in [0.1, 0.15) is 11.1 Å². The zero-order valence-electron chi connectivity index (χ0n) is 15.2. The average Bonchev–Trinajstić information content (AvgIpc) is 2.72. The molecule has 0 fully saturated rings. The highest BCUT2D eigenvalue weighted by Crippen LogP contribution is 2.47. The molecule has 0 aliphatic carbocycles. The van der Waals surface area contributed by atoms with Gasteiger partial charge in [0.1, 0.15) is 5.69 Å². The summed E-state index contributed by atoms with van der Waals surface area (Å²) in [5.41, 5.74) is -3.77. The van der Waals surface area contributed by atoms with Gasteiger partial charge in [0, 0.05) is 24.5 Å². The minimum absolute atomic E-state index is 0.0604. The molecule has 0 radical (unpaired) electrons. The highest BCUT2D eigenvalue weighted by molar-refractivity contribution is 5.63. The van der Waals surface area contributed by atoms with E-state index in [1.165, 1.54) is 12.4 Å². The van der Waals surface area contributed by atoms with Crippen LogP contribution in [-0.4, -0.2) is 20.7 Å². The van der Waals surface area contributed by atoms with Gasteiger partial charge in [-0.2, -0.15) is 22.0 Å². The van der Waals surface area contributed by atoms with Crippen molar-refractivity contribution < 1.29 is 22.0 Å². The second-order valence-corrected chi connectivity index (χ2v) is 6.26. The van der Waals surface area contributed by atoms with Crippen LogP contribution in [0.5, 0.6) is 0 Å². The van der Waals surface area contributed by atoms with Gasteiger partial charge in [0.05, 0.1) is 18.5 Å². The fourth-order valence-electron chi connectivity index (χ4n) is 2.89. The molecule has 154 valence electrons. The lowest BCUT2D eigenvalue weighted by molar-refractivity contribution is -0.289. The van der Waals surface area contributed by atoms with Crippen molar-refractivity contribution in [3.05, 3.63) is 87.9 Å². The molecule has 0 atom stereocenters. The van der Waals surface area contributed by atoms with Crippen molar-refractivity contribution in [1.82, 2.24) is 14.5 Å². The van der Waals surface area contributed by atoms with Crippen molar-refractivity contribution in [2.45, 2.75) is 25.1 Å². The third-order valence-corrected chi connectivity index (χ3v) is 4.37. The molecule has 0 spiro atoms. The number of pyridine rings is 1.